The summed E-state index contributed by atoms with van der Waals surface area (Å²) in [4.78, 5) is 39.3. The van der Waals surface area contributed by atoms with Gasteiger partial charge in [0.1, 0.15) is 19.0 Å². The van der Waals surface area contributed by atoms with E-state index in [1.165, 1.54) is 36.3 Å². The van der Waals surface area contributed by atoms with E-state index in [1.807, 2.05) is 6.92 Å². The van der Waals surface area contributed by atoms with E-state index in [2.05, 4.69) is 6.58 Å². The molecule has 0 saturated carbocycles. The molecule has 1 heterocycles. The van der Waals surface area contributed by atoms with Crippen molar-refractivity contribution in [3.63, 3.8) is 0 Å². The molecule has 10 nitrogen and oxygen atoms in total. The maximum Gasteiger partial charge on any atom is 0.410 e. The van der Waals surface area contributed by atoms with Crippen LogP contribution in [0.5, 0.6) is 5.75 Å². The van der Waals surface area contributed by atoms with Crippen molar-refractivity contribution >= 4 is 17.7 Å². The van der Waals surface area contributed by atoms with E-state index >= 15 is 0 Å². The molecular weight excluding hydrogens is 406 g/mol. The molecule has 1 aliphatic rings. The summed E-state index contributed by atoms with van der Waals surface area (Å²) in [6.45, 7) is 7.97. The van der Waals surface area contributed by atoms with E-state index in [4.69, 9.17) is 14.2 Å². The number of nitro benzene ring substituents is 1. The normalized spacial score (nSPS) is 22.5. The second kappa shape index (κ2) is 10.8. The largest absolute Gasteiger partial charge is 0.491 e. The molecular formula is C21H29N3O7. The molecule has 170 valence electrons. The quantitative estimate of drug-likeness (QED) is 0.406. The summed E-state index contributed by atoms with van der Waals surface area (Å²) in [5.41, 5.74) is -0.136. The Labute approximate surface area is 181 Å². The molecule has 0 N–H and O–H groups in total. The van der Waals surface area contributed by atoms with Crippen molar-refractivity contribution in [3.05, 3.63) is 46.5 Å². The van der Waals surface area contributed by atoms with Crippen LogP contribution in [0, 0.1) is 16.0 Å². The number of methoxy groups -OCH3 is 1. The number of non-ortho nitro benzene ring substituents is 1. The average molecular weight is 435 g/mol. The topological polar surface area (TPSA) is 111 Å². The Kier molecular flexibility index (Phi) is 8.38. The third kappa shape index (κ3) is 5.94. The molecule has 3 atom stereocenters. The number of benzene rings is 1. The lowest BCUT2D eigenvalue weighted by molar-refractivity contribution is -0.384. The van der Waals surface area contributed by atoms with Gasteiger partial charge in [0.25, 0.3) is 11.6 Å². The molecule has 0 spiro atoms. The van der Waals surface area contributed by atoms with Gasteiger partial charge < -0.3 is 24.0 Å². The Balaban J connectivity index is 2.45. The summed E-state index contributed by atoms with van der Waals surface area (Å²) in [6, 6.07) is 3.48. The Bertz CT molecular complexity index is 829. The number of carbonyl (C=O) groups excluding carboxylic acids is 2. The van der Waals surface area contributed by atoms with E-state index in [9.17, 15) is 19.7 Å². The van der Waals surface area contributed by atoms with E-state index in [0.717, 1.165) is 0 Å². The fourth-order valence-corrected chi connectivity index (χ4v) is 3.35. The van der Waals surface area contributed by atoms with Gasteiger partial charge in [-0.2, -0.15) is 0 Å². The summed E-state index contributed by atoms with van der Waals surface area (Å²) in [5, 5.41) is 11.2. The first-order valence-electron chi connectivity index (χ1n) is 9.93. The molecule has 0 unspecified atom stereocenters. The van der Waals surface area contributed by atoms with Crippen LogP contribution in [0.4, 0.5) is 10.5 Å². The van der Waals surface area contributed by atoms with Crippen molar-refractivity contribution in [1.82, 2.24) is 9.80 Å². The van der Waals surface area contributed by atoms with E-state index in [-0.39, 0.29) is 48.8 Å². The second-order valence-electron chi connectivity index (χ2n) is 7.55. The highest BCUT2D eigenvalue weighted by Gasteiger charge is 2.31. The van der Waals surface area contributed by atoms with Crippen LogP contribution < -0.4 is 4.74 Å². The molecule has 10 heteroatoms. The zero-order chi connectivity index (χ0) is 23.1. The molecule has 31 heavy (non-hydrogen) atoms. The minimum absolute atomic E-state index is 0.0648. The van der Waals surface area contributed by atoms with Gasteiger partial charge in [-0.3, -0.25) is 14.9 Å². The standard InChI is InChI=1S/C21H29N3O7/c1-6-9-30-21(26)23-11-14(2)19(29-5)12-22(4)20(25)17-10-16(24(27)28)7-8-18(17)31-13-15(23)3/h6-8,10,14-15,19H,1,9,11-13H2,2-5H3/t14-,15-,19-/m0/s1. The average Bonchev–Trinajstić information content (AvgIpc) is 2.75. The summed E-state index contributed by atoms with van der Waals surface area (Å²) in [6.07, 6.45) is 0.599. The molecule has 2 rings (SSSR count). The Hall–Kier alpha value is -3.14. The van der Waals surface area contributed by atoms with Crippen LogP contribution in [0.3, 0.4) is 0 Å². The van der Waals surface area contributed by atoms with Gasteiger partial charge in [-0.15, -0.1) is 0 Å². The number of likely N-dealkylation sites (N-methyl/N-ethyl adjacent to an activating group) is 1. The summed E-state index contributed by atoms with van der Waals surface area (Å²) < 4.78 is 16.6. The van der Waals surface area contributed by atoms with Gasteiger partial charge in [0, 0.05) is 45.3 Å². The molecule has 1 aliphatic heterocycles. The number of rotatable bonds is 4. The van der Waals surface area contributed by atoms with Crippen LogP contribution in [0.15, 0.2) is 30.9 Å². The van der Waals surface area contributed by atoms with Gasteiger partial charge in [-0.25, -0.2) is 4.79 Å². The maximum atomic E-state index is 13.0. The number of carbonyl (C=O) groups is 2. The Morgan fingerprint density at radius 1 is 1.39 bits per heavy atom. The minimum Gasteiger partial charge on any atom is -0.491 e. The van der Waals surface area contributed by atoms with Crippen molar-refractivity contribution in [1.29, 1.82) is 0 Å². The number of nitro groups is 1. The second-order valence-corrected chi connectivity index (χ2v) is 7.55. The summed E-state index contributed by atoms with van der Waals surface area (Å²) in [7, 11) is 3.13. The SMILES string of the molecule is C=CCOC(=O)N1C[C@H](C)[C@@H](OC)CN(C)C(=O)c2cc([N+](=O)[O-])ccc2OC[C@@H]1C. The molecule has 0 bridgehead atoms. The van der Waals surface area contributed by atoms with Gasteiger partial charge >= 0.3 is 6.09 Å². The Morgan fingerprint density at radius 2 is 2.10 bits per heavy atom. The first-order valence-corrected chi connectivity index (χ1v) is 9.93. The van der Waals surface area contributed by atoms with Crippen LogP contribution >= 0.6 is 0 Å². The highest BCUT2D eigenvalue weighted by molar-refractivity contribution is 5.97. The number of nitrogens with zero attached hydrogens (tertiary/aromatic N) is 3. The van der Waals surface area contributed by atoms with E-state index in [1.54, 1.807) is 18.9 Å². The number of ether oxygens (including phenoxy) is 3. The summed E-state index contributed by atoms with van der Waals surface area (Å²) >= 11 is 0. The van der Waals surface area contributed by atoms with Crippen molar-refractivity contribution in [2.45, 2.75) is 26.0 Å². The van der Waals surface area contributed by atoms with Gasteiger partial charge in [-0.05, 0) is 13.0 Å². The fraction of sp³-hybridized carbons (Fsp3) is 0.524. The molecule has 0 aliphatic carbocycles. The number of hydrogen-bond acceptors (Lipinski definition) is 7. The van der Waals surface area contributed by atoms with Crippen molar-refractivity contribution in [2.75, 3.05) is 40.5 Å². The van der Waals surface area contributed by atoms with Gasteiger partial charge in [0.15, 0.2) is 0 Å². The predicted molar refractivity (Wildman–Crippen MR) is 113 cm³/mol. The fourth-order valence-electron chi connectivity index (χ4n) is 3.35. The smallest absolute Gasteiger partial charge is 0.410 e. The molecule has 0 radical (unpaired) electrons. The third-order valence-electron chi connectivity index (χ3n) is 5.20. The van der Waals surface area contributed by atoms with E-state index in [0.29, 0.717) is 6.54 Å². The third-order valence-corrected chi connectivity index (χ3v) is 5.20. The maximum absolute atomic E-state index is 13.0. The zero-order valence-electron chi connectivity index (χ0n) is 18.3. The minimum atomic E-state index is -0.566. The highest BCUT2D eigenvalue weighted by Crippen LogP contribution is 2.27. The number of hydrogen-bond donors (Lipinski definition) is 0. The van der Waals surface area contributed by atoms with Crippen LogP contribution in [0.25, 0.3) is 0 Å². The monoisotopic (exact) mass is 435 g/mol. The lowest BCUT2D eigenvalue weighted by atomic mass is 10.0. The molecule has 0 fully saturated rings. The van der Waals surface area contributed by atoms with Crippen molar-refractivity contribution < 1.29 is 28.7 Å². The van der Waals surface area contributed by atoms with Gasteiger partial charge in [0.2, 0.25) is 0 Å². The van der Waals surface area contributed by atoms with E-state index < -0.39 is 23.0 Å². The van der Waals surface area contributed by atoms with Crippen LogP contribution in [-0.2, 0) is 9.47 Å². The van der Waals surface area contributed by atoms with Crippen molar-refractivity contribution in [3.8, 4) is 5.75 Å². The first-order chi connectivity index (χ1) is 14.7. The number of fused-ring (bicyclic) bond motifs is 1. The first kappa shape index (κ1) is 24.1. The molecule has 2 amide bonds. The van der Waals surface area contributed by atoms with Crippen LogP contribution in [-0.4, -0.2) is 79.3 Å². The molecule has 0 saturated heterocycles. The molecule has 0 aromatic heterocycles. The lowest BCUT2D eigenvalue weighted by Gasteiger charge is -2.35. The molecule has 1 aromatic carbocycles. The highest BCUT2D eigenvalue weighted by atomic mass is 16.6. The van der Waals surface area contributed by atoms with Crippen molar-refractivity contribution in [2.24, 2.45) is 5.92 Å². The Morgan fingerprint density at radius 3 is 2.71 bits per heavy atom. The summed E-state index contributed by atoms with van der Waals surface area (Å²) in [5.74, 6) is -0.345. The van der Waals surface area contributed by atoms with Gasteiger partial charge in [-0.1, -0.05) is 19.6 Å². The van der Waals surface area contributed by atoms with Crippen LogP contribution in [0.2, 0.25) is 0 Å². The van der Waals surface area contributed by atoms with Crippen LogP contribution in [0.1, 0.15) is 24.2 Å². The molecule has 1 aromatic rings. The lowest BCUT2D eigenvalue weighted by Crippen LogP contribution is -2.48. The zero-order valence-corrected chi connectivity index (χ0v) is 18.3. The van der Waals surface area contributed by atoms with Gasteiger partial charge in [0.05, 0.1) is 22.6 Å². The number of amides is 2. The predicted octanol–water partition coefficient (Wildman–Crippen LogP) is 2.72.